The van der Waals surface area contributed by atoms with Crippen molar-refractivity contribution in [1.29, 1.82) is 0 Å². The normalized spacial score (nSPS) is 11.0. The van der Waals surface area contributed by atoms with Gasteiger partial charge in [0.05, 0.1) is 22.8 Å². The molecule has 0 bridgehead atoms. The van der Waals surface area contributed by atoms with E-state index in [0.717, 1.165) is 11.2 Å². The maximum Gasteiger partial charge on any atom is 0.310 e. The van der Waals surface area contributed by atoms with Crippen molar-refractivity contribution in [2.24, 2.45) is 0 Å². The van der Waals surface area contributed by atoms with E-state index >= 15 is 0 Å². The number of hydrogen-bond donors (Lipinski definition) is 0. The summed E-state index contributed by atoms with van der Waals surface area (Å²) in [5.74, 6) is 0.293. The number of fused-ring (bicyclic) bond motifs is 1. The number of ether oxygens (including phenoxy) is 1. The van der Waals surface area contributed by atoms with E-state index in [0.29, 0.717) is 22.2 Å². The Morgan fingerprint density at radius 2 is 2.18 bits per heavy atom. The molecule has 0 spiro atoms. The van der Waals surface area contributed by atoms with Gasteiger partial charge in [0.2, 0.25) is 0 Å². The van der Waals surface area contributed by atoms with Gasteiger partial charge < -0.3 is 13.7 Å². The molecule has 3 heterocycles. The number of nitrogens with zero attached hydrogens (tertiary/aromatic N) is 3. The van der Waals surface area contributed by atoms with Gasteiger partial charge in [-0.3, -0.25) is 4.79 Å². The van der Waals surface area contributed by atoms with Crippen molar-refractivity contribution < 1.29 is 14.1 Å². The lowest BCUT2D eigenvalue weighted by molar-refractivity contribution is -0.144. The quantitative estimate of drug-likeness (QED) is 0.692. The van der Waals surface area contributed by atoms with E-state index in [1.165, 1.54) is 0 Å². The molecule has 0 saturated carbocycles. The number of imidazole rings is 1. The van der Waals surface area contributed by atoms with E-state index in [4.69, 9.17) is 20.9 Å². The summed E-state index contributed by atoms with van der Waals surface area (Å²) >= 11 is 5.92. The molecule has 0 atom stereocenters. The molecule has 0 radical (unpaired) electrons. The average molecular weight is 320 g/mol. The molecule has 3 rings (SSSR count). The van der Waals surface area contributed by atoms with Crippen LogP contribution in [-0.4, -0.2) is 20.5 Å². The number of aryl methyl sites for hydroxylation is 2. The van der Waals surface area contributed by atoms with Crippen molar-refractivity contribution in [1.82, 2.24) is 14.5 Å². The molecular weight excluding hydrogens is 306 g/mol. The first-order valence-electron chi connectivity index (χ1n) is 6.73. The van der Waals surface area contributed by atoms with Crippen LogP contribution in [-0.2, 0) is 22.6 Å². The highest BCUT2D eigenvalue weighted by Gasteiger charge is 2.15. The van der Waals surface area contributed by atoms with Crippen LogP contribution in [0.25, 0.3) is 5.65 Å². The number of carbonyl (C=O) groups excluding carboxylic acids is 1. The summed E-state index contributed by atoms with van der Waals surface area (Å²) in [7, 11) is 0. The molecule has 22 heavy (non-hydrogen) atoms. The lowest BCUT2D eigenvalue weighted by Gasteiger charge is -2.02. The molecule has 6 nitrogen and oxygen atoms in total. The number of halogens is 1. The summed E-state index contributed by atoms with van der Waals surface area (Å²) in [5, 5.41) is 4.43. The summed E-state index contributed by atoms with van der Waals surface area (Å²) in [6.07, 6.45) is 3.67. The van der Waals surface area contributed by atoms with Crippen molar-refractivity contribution in [2.45, 2.75) is 26.9 Å². The number of carbonyl (C=O) groups is 1. The Balaban J connectivity index is 1.65. The molecule has 0 aliphatic rings. The summed E-state index contributed by atoms with van der Waals surface area (Å²) in [6.45, 7) is 3.68. The number of esters is 1. The van der Waals surface area contributed by atoms with Crippen molar-refractivity contribution in [3.05, 3.63) is 52.3 Å². The zero-order valence-electron chi connectivity index (χ0n) is 12.2. The Hall–Kier alpha value is -2.34. The third-order valence-electron chi connectivity index (χ3n) is 3.35. The molecule has 0 aliphatic heterocycles. The molecular formula is C15H14ClN3O3. The van der Waals surface area contributed by atoms with Gasteiger partial charge in [0.25, 0.3) is 0 Å². The number of rotatable bonds is 4. The highest BCUT2D eigenvalue weighted by Crippen LogP contribution is 2.15. The molecule has 3 aromatic rings. The van der Waals surface area contributed by atoms with E-state index in [1.807, 2.05) is 0 Å². The average Bonchev–Trinajstić information content (AvgIpc) is 3.02. The van der Waals surface area contributed by atoms with Gasteiger partial charge in [0.15, 0.2) is 0 Å². The highest BCUT2D eigenvalue weighted by molar-refractivity contribution is 6.30. The lowest BCUT2D eigenvalue weighted by Crippen LogP contribution is -2.09. The van der Waals surface area contributed by atoms with E-state index in [1.54, 1.807) is 42.8 Å². The van der Waals surface area contributed by atoms with Gasteiger partial charge in [0, 0.05) is 18.0 Å². The third kappa shape index (κ3) is 2.96. The molecule has 3 aromatic heterocycles. The van der Waals surface area contributed by atoms with Gasteiger partial charge in [0.1, 0.15) is 18.0 Å². The lowest BCUT2D eigenvalue weighted by atomic mass is 10.1. The van der Waals surface area contributed by atoms with Crippen LogP contribution in [0.15, 0.2) is 29.0 Å². The van der Waals surface area contributed by atoms with Crippen LogP contribution in [0.3, 0.4) is 0 Å². The fraction of sp³-hybridized carbons (Fsp3) is 0.267. The Bertz CT molecular complexity index is 818. The Morgan fingerprint density at radius 3 is 2.91 bits per heavy atom. The smallest absolute Gasteiger partial charge is 0.310 e. The minimum atomic E-state index is -0.343. The van der Waals surface area contributed by atoms with Crippen LogP contribution < -0.4 is 0 Å². The van der Waals surface area contributed by atoms with Gasteiger partial charge in [-0.25, -0.2) is 4.98 Å². The molecule has 0 aromatic carbocycles. The van der Waals surface area contributed by atoms with Crippen LogP contribution in [0, 0.1) is 13.8 Å². The predicted molar refractivity (Wildman–Crippen MR) is 79.7 cm³/mol. The second-order valence-corrected chi connectivity index (χ2v) is 5.42. The molecule has 0 N–H and O–H groups in total. The molecule has 0 fully saturated rings. The van der Waals surface area contributed by atoms with Crippen molar-refractivity contribution in [2.75, 3.05) is 0 Å². The van der Waals surface area contributed by atoms with E-state index in [-0.39, 0.29) is 19.0 Å². The molecule has 0 unspecified atom stereocenters. The van der Waals surface area contributed by atoms with Crippen LogP contribution >= 0.6 is 11.6 Å². The van der Waals surface area contributed by atoms with Crippen LogP contribution in [0.5, 0.6) is 0 Å². The van der Waals surface area contributed by atoms with Gasteiger partial charge in [-0.1, -0.05) is 16.8 Å². The second-order valence-electron chi connectivity index (χ2n) is 4.99. The Morgan fingerprint density at radius 1 is 1.36 bits per heavy atom. The van der Waals surface area contributed by atoms with E-state index < -0.39 is 0 Å². The van der Waals surface area contributed by atoms with Crippen LogP contribution in [0.2, 0.25) is 5.02 Å². The molecule has 0 saturated heterocycles. The summed E-state index contributed by atoms with van der Waals surface area (Å²) in [6, 6.07) is 3.56. The minimum absolute atomic E-state index is 0.113. The molecule has 7 heteroatoms. The van der Waals surface area contributed by atoms with Gasteiger partial charge in [-0.15, -0.1) is 0 Å². The van der Waals surface area contributed by atoms with Gasteiger partial charge in [-0.05, 0) is 26.0 Å². The summed E-state index contributed by atoms with van der Waals surface area (Å²) in [4.78, 5) is 16.3. The third-order valence-corrected chi connectivity index (χ3v) is 3.57. The largest absolute Gasteiger partial charge is 0.459 e. The van der Waals surface area contributed by atoms with Crippen LogP contribution in [0.4, 0.5) is 0 Å². The molecule has 114 valence electrons. The highest BCUT2D eigenvalue weighted by atomic mass is 35.5. The van der Waals surface area contributed by atoms with Crippen molar-refractivity contribution in [3.63, 3.8) is 0 Å². The van der Waals surface area contributed by atoms with Crippen molar-refractivity contribution >= 4 is 23.2 Å². The number of aromatic nitrogens is 3. The van der Waals surface area contributed by atoms with Gasteiger partial charge >= 0.3 is 5.97 Å². The number of pyridine rings is 1. The first-order chi connectivity index (χ1) is 10.5. The van der Waals surface area contributed by atoms with Crippen molar-refractivity contribution in [3.8, 4) is 0 Å². The second kappa shape index (κ2) is 5.81. The first kappa shape index (κ1) is 14.6. The fourth-order valence-corrected chi connectivity index (χ4v) is 2.36. The maximum absolute atomic E-state index is 11.9. The Kier molecular flexibility index (Phi) is 3.85. The summed E-state index contributed by atoms with van der Waals surface area (Å²) < 4.78 is 12.1. The zero-order chi connectivity index (χ0) is 15.7. The SMILES string of the molecule is Cc1noc(C)c1CC(=O)OCc1cn2cc(Cl)ccc2n1. The standard InChI is InChI=1S/C15H14ClN3O3/c1-9-13(10(2)22-18-9)5-15(20)21-8-12-7-19-6-11(16)3-4-14(19)17-12/h3-4,6-7H,5,8H2,1-2H3. The number of hydrogen-bond acceptors (Lipinski definition) is 5. The Labute approximate surface area is 131 Å². The summed E-state index contributed by atoms with van der Waals surface area (Å²) in [5.41, 5.74) is 2.89. The monoisotopic (exact) mass is 319 g/mol. The molecule has 0 aliphatic carbocycles. The topological polar surface area (TPSA) is 69.6 Å². The maximum atomic E-state index is 11.9. The van der Waals surface area contributed by atoms with E-state index in [2.05, 4.69) is 10.1 Å². The van der Waals surface area contributed by atoms with E-state index in [9.17, 15) is 4.79 Å². The first-order valence-corrected chi connectivity index (χ1v) is 7.11. The van der Waals surface area contributed by atoms with Gasteiger partial charge in [-0.2, -0.15) is 0 Å². The fourth-order valence-electron chi connectivity index (χ4n) is 2.19. The van der Waals surface area contributed by atoms with Crippen LogP contribution in [0.1, 0.15) is 22.7 Å². The minimum Gasteiger partial charge on any atom is -0.459 e. The predicted octanol–water partition coefficient (Wildman–Crippen LogP) is 2.88. The zero-order valence-corrected chi connectivity index (χ0v) is 12.9. The molecule has 0 amide bonds.